The van der Waals surface area contributed by atoms with E-state index in [2.05, 4.69) is 5.32 Å². The zero-order valence-electron chi connectivity index (χ0n) is 17.2. The number of carbonyl (C=O) groups excluding carboxylic acids is 2. The van der Waals surface area contributed by atoms with Crippen LogP contribution in [0.2, 0.25) is 5.02 Å². The van der Waals surface area contributed by atoms with Crippen molar-refractivity contribution >= 4 is 49.8 Å². The van der Waals surface area contributed by atoms with Gasteiger partial charge in [-0.05, 0) is 41.5 Å². The van der Waals surface area contributed by atoms with Crippen molar-refractivity contribution in [1.29, 1.82) is 0 Å². The predicted octanol–water partition coefficient (Wildman–Crippen LogP) is 3.82. The monoisotopic (exact) mass is 474 g/mol. The molecule has 0 saturated heterocycles. The van der Waals surface area contributed by atoms with E-state index in [1.54, 1.807) is 5.38 Å². The maximum Gasteiger partial charge on any atom is 0.341 e. The zero-order chi connectivity index (χ0) is 22.6. The van der Waals surface area contributed by atoms with Gasteiger partial charge in [0, 0.05) is 12.6 Å². The summed E-state index contributed by atoms with van der Waals surface area (Å²) in [6.07, 6.45) is 0.642. The highest BCUT2D eigenvalue weighted by atomic mass is 35.5. The van der Waals surface area contributed by atoms with Crippen LogP contribution in [-0.4, -0.2) is 46.0 Å². The Hall–Kier alpha value is -1.98. The molecule has 0 spiro atoms. The van der Waals surface area contributed by atoms with E-state index >= 15 is 0 Å². The Morgan fingerprint density at radius 2 is 1.93 bits per heavy atom. The summed E-state index contributed by atoms with van der Waals surface area (Å²) in [5.74, 6) is -0.844. The van der Waals surface area contributed by atoms with Crippen LogP contribution in [0.5, 0.6) is 0 Å². The quantitative estimate of drug-likeness (QED) is 0.461. The minimum atomic E-state index is -4.06. The molecule has 0 aliphatic rings. The van der Waals surface area contributed by atoms with Crippen LogP contribution in [0.4, 0.5) is 5.00 Å². The number of nitrogens with zero attached hydrogens (tertiary/aromatic N) is 1. The molecule has 1 heterocycles. The predicted molar refractivity (Wildman–Crippen MR) is 116 cm³/mol. The van der Waals surface area contributed by atoms with Gasteiger partial charge in [-0.25, -0.2) is 13.2 Å². The van der Waals surface area contributed by atoms with Gasteiger partial charge < -0.3 is 10.1 Å². The van der Waals surface area contributed by atoms with E-state index < -0.39 is 21.9 Å². The van der Waals surface area contributed by atoms with Gasteiger partial charge >= 0.3 is 5.97 Å². The van der Waals surface area contributed by atoms with Gasteiger partial charge in [-0.1, -0.05) is 29.9 Å². The van der Waals surface area contributed by atoms with Gasteiger partial charge in [0.05, 0.1) is 24.8 Å². The highest BCUT2D eigenvalue weighted by molar-refractivity contribution is 7.89. The Bertz CT molecular complexity index is 1050. The third kappa shape index (κ3) is 5.19. The Balaban J connectivity index is 2.41. The normalized spacial score (nSPS) is 11.7. The molecule has 1 aromatic carbocycles. The third-order valence-electron chi connectivity index (χ3n) is 4.18. The van der Waals surface area contributed by atoms with Gasteiger partial charge in [0.2, 0.25) is 0 Å². The molecule has 0 unspecified atom stereocenters. The lowest BCUT2D eigenvalue weighted by Crippen LogP contribution is -2.26. The van der Waals surface area contributed by atoms with E-state index in [0.29, 0.717) is 27.4 Å². The second-order valence-corrected chi connectivity index (χ2v) is 9.94. The van der Waals surface area contributed by atoms with E-state index in [1.807, 2.05) is 13.8 Å². The number of halogens is 1. The summed E-state index contributed by atoms with van der Waals surface area (Å²) in [5, 5.41) is 4.75. The van der Waals surface area contributed by atoms with Crippen molar-refractivity contribution in [2.45, 2.75) is 25.2 Å². The van der Waals surface area contributed by atoms with Crippen molar-refractivity contribution in [1.82, 2.24) is 4.47 Å². The lowest BCUT2D eigenvalue weighted by Gasteiger charge is -2.16. The first kappa shape index (κ1) is 24.3. The largest absolute Gasteiger partial charge is 0.465 e. The van der Waals surface area contributed by atoms with Crippen LogP contribution in [-0.2, 0) is 26.0 Å². The minimum Gasteiger partial charge on any atom is -0.465 e. The lowest BCUT2D eigenvalue weighted by atomic mass is 10.0. The average molecular weight is 475 g/mol. The number of hydrogen-bond acceptors (Lipinski definition) is 7. The summed E-state index contributed by atoms with van der Waals surface area (Å²) in [7, 11) is -0.377. The van der Waals surface area contributed by atoms with Gasteiger partial charge in [-0.2, -0.15) is 0 Å². The van der Waals surface area contributed by atoms with Gasteiger partial charge in [-0.15, -0.1) is 11.3 Å². The summed E-state index contributed by atoms with van der Waals surface area (Å²) in [6, 6.07) is 3.86. The Morgan fingerprint density at radius 1 is 1.27 bits per heavy atom. The number of thiophene rings is 1. The first-order valence-electron chi connectivity index (χ1n) is 8.85. The number of carbonyl (C=O) groups is 2. The molecule has 1 amide bonds. The van der Waals surface area contributed by atoms with Crippen LogP contribution in [0.1, 0.15) is 40.1 Å². The molecule has 11 heteroatoms. The van der Waals surface area contributed by atoms with Gasteiger partial charge in [-0.3, -0.25) is 9.63 Å². The summed E-state index contributed by atoms with van der Waals surface area (Å²) in [6.45, 7) is 4.04. The van der Waals surface area contributed by atoms with E-state index in [4.69, 9.17) is 21.2 Å². The van der Waals surface area contributed by atoms with Crippen molar-refractivity contribution in [3.05, 3.63) is 45.3 Å². The number of amides is 1. The molecule has 0 saturated carbocycles. The lowest BCUT2D eigenvalue weighted by molar-refractivity contribution is -0.0258. The van der Waals surface area contributed by atoms with E-state index in [1.165, 1.54) is 44.7 Å². The molecular weight excluding hydrogens is 452 g/mol. The zero-order valence-corrected chi connectivity index (χ0v) is 19.6. The molecule has 30 heavy (non-hydrogen) atoms. The molecule has 164 valence electrons. The fraction of sp³-hybridized carbons (Fsp3) is 0.368. The van der Waals surface area contributed by atoms with Crippen LogP contribution < -0.4 is 5.32 Å². The van der Waals surface area contributed by atoms with E-state index in [0.717, 1.165) is 11.6 Å². The molecule has 0 aliphatic heterocycles. The van der Waals surface area contributed by atoms with Crippen LogP contribution in [0.3, 0.4) is 0 Å². The summed E-state index contributed by atoms with van der Waals surface area (Å²) >= 11 is 7.23. The van der Waals surface area contributed by atoms with Crippen LogP contribution in [0.15, 0.2) is 28.5 Å². The number of hydroxylamine groups is 1. The molecular formula is C19H23ClN2O6S2. The molecule has 0 aliphatic carbocycles. The maximum absolute atomic E-state index is 12.8. The molecule has 1 N–H and O–H groups in total. The Labute approximate surface area is 184 Å². The van der Waals surface area contributed by atoms with Gasteiger partial charge in [0.1, 0.15) is 9.90 Å². The highest BCUT2D eigenvalue weighted by Gasteiger charge is 2.26. The SMILES string of the molecule is COC(=O)c1c(CC(C)C)csc1NC(=O)c1ccc(Cl)c(S(=O)(=O)N(C)OC)c1. The standard InChI is InChI=1S/C19H23ClN2O6S2/c1-11(2)8-13-10-29-18(16(13)19(24)27-4)21-17(23)12-6-7-14(20)15(9-12)30(25,26)22(3)28-5/h6-7,9-11H,8H2,1-5H3,(H,21,23). The topological polar surface area (TPSA) is 102 Å². The highest BCUT2D eigenvalue weighted by Crippen LogP contribution is 2.32. The molecule has 2 rings (SSSR count). The first-order chi connectivity index (χ1) is 14.0. The number of nitrogens with one attached hydrogen (secondary N) is 1. The van der Waals surface area contributed by atoms with Gasteiger partial charge in [0.15, 0.2) is 0 Å². The van der Waals surface area contributed by atoms with E-state index in [9.17, 15) is 18.0 Å². The summed E-state index contributed by atoms with van der Waals surface area (Å²) in [5.41, 5.74) is 1.13. The molecule has 1 aromatic heterocycles. The number of hydrogen-bond donors (Lipinski definition) is 1. The molecule has 8 nitrogen and oxygen atoms in total. The molecule has 0 radical (unpaired) electrons. The number of esters is 1. The minimum absolute atomic E-state index is 0.0529. The second kappa shape index (κ2) is 9.88. The van der Waals surface area contributed by atoms with Crippen molar-refractivity contribution in [2.24, 2.45) is 5.92 Å². The number of sulfonamides is 1. The third-order valence-corrected chi connectivity index (χ3v) is 7.28. The maximum atomic E-state index is 12.8. The number of ether oxygens (including phenoxy) is 1. The average Bonchev–Trinajstić information content (AvgIpc) is 3.07. The molecule has 0 atom stereocenters. The summed E-state index contributed by atoms with van der Waals surface area (Å²) < 4.78 is 30.6. The fourth-order valence-corrected chi connectivity index (χ4v) is 5.09. The van der Waals surface area contributed by atoms with Crippen LogP contribution in [0, 0.1) is 5.92 Å². The van der Waals surface area contributed by atoms with Crippen molar-refractivity contribution in [3.63, 3.8) is 0 Å². The number of anilines is 1. The fourth-order valence-electron chi connectivity index (χ4n) is 2.66. The smallest absolute Gasteiger partial charge is 0.341 e. The van der Waals surface area contributed by atoms with Crippen LogP contribution in [0.25, 0.3) is 0 Å². The number of benzene rings is 1. The second-order valence-electron chi connectivity index (χ2n) is 6.75. The Kier molecular flexibility index (Phi) is 8.00. The Morgan fingerprint density at radius 3 is 2.50 bits per heavy atom. The van der Waals surface area contributed by atoms with Gasteiger partial charge in [0.25, 0.3) is 15.9 Å². The molecule has 0 bridgehead atoms. The van der Waals surface area contributed by atoms with E-state index in [-0.39, 0.29) is 15.5 Å². The van der Waals surface area contributed by atoms with Crippen molar-refractivity contribution in [3.8, 4) is 0 Å². The first-order valence-corrected chi connectivity index (χ1v) is 11.5. The van der Waals surface area contributed by atoms with Crippen molar-refractivity contribution in [2.75, 3.05) is 26.6 Å². The van der Waals surface area contributed by atoms with Crippen LogP contribution >= 0.6 is 22.9 Å². The number of methoxy groups -OCH3 is 1. The molecule has 2 aromatic rings. The van der Waals surface area contributed by atoms with Crippen molar-refractivity contribution < 1.29 is 27.6 Å². The molecule has 0 fully saturated rings. The number of rotatable bonds is 8. The summed E-state index contributed by atoms with van der Waals surface area (Å²) in [4.78, 5) is 29.5.